The summed E-state index contributed by atoms with van der Waals surface area (Å²) in [5.74, 6) is 6.66. The first-order chi connectivity index (χ1) is 27.3. The second kappa shape index (κ2) is 15.6. The zero-order valence-corrected chi connectivity index (χ0v) is 33.4. The van der Waals surface area contributed by atoms with E-state index in [0.29, 0.717) is 50.2 Å². The van der Waals surface area contributed by atoms with Gasteiger partial charge in [0.1, 0.15) is 0 Å². The average molecular weight is 907 g/mol. The van der Waals surface area contributed by atoms with Crippen molar-refractivity contribution in [2.75, 3.05) is 0 Å². The number of aromatic nitrogens is 3. The van der Waals surface area contributed by atoms with Crippen LogP contribution in [0.1, 0.15) is 62.4 Å². The van der Waals surface area contributed by atoms with E-state index in [0.717, 1.165) is 9.78 Å². The molecule has 0 aliphatic carbocycles. The maximum absolute atomic E-state index is 8.89. The van der Waals surface area contributed by atoms with E-state index >= 15 is 0 Å². The molecule has 4 nitrogen and oxygen atoms in total. The van der Waals surface area contributed by atoms with Gasteiger partial charge < -0.3 is 9.40 Å². The predicted octanol–water partition coefficient (Wildman–Crippen LogP) is 10.7. The summed E-state index contributed by atoms with van der Waals surface area (Å²) in [4.78, 5) is 13.2. The Balaban J connectivity index is 0.000000224. The van der Waals surface area contributed by atoms with Crippen LogP contribution >= 0.6 is 0 Å². The Morgan fingerprint density at radius 1 is 0.840 bits per heavy atom. The number of benzene rings is 3. The van der Waals surface area contributed by atoms with Gasteiger partial charge in [-0.2, -0.15) is 0 Å². The molecular weight excluding hydrogens is 851 g/mol. The fourth-order valence-corrected chi connectivity index (χ4v) is 8.38. The predicted molar refractivity (Wildman–Crippen MR) is 207 cm³/mol. The Labute approximate surface area is 327 Å². The quantitative estimate of drug-likeness (QED) is 0.123. The third-order valence-electron chi connectivity index (χ3n) is 7.69. The molecule has 7 aromatic rings. The number of rotatable bonds is 6. The largest absolute Gasteiger partial charge is 0.486 e. The first-order valence-electron chi connectivity index (χ1n) is 21.1. The Kier molecular flexibility index (Phi) is 8.08. The van der Waals surface area contributed by atoms with E-state index in [1.54, 1.807) is 67.0 Å². The zero-order chi connectivity index (χ0) is 43.3. The van der Waals surface area contributed by atoms with Crippen molar-refractivity contribution in [1.29, 1.82) is 0 Å². The van der Waals surface area contributed by atoms with Gasteiger partial charge in [-0.1, -0.05) is 43.4 Å². The molecule has 0 N–H and O–H groups in total. The normalized spacial score (nSPS) is 15.6. The van der Waals surface area contributed by atoms with Crippen LogP contribution in [0.2, 0.25) is 17.3 Å². The van der Waals surface area contributed by atoms with Crippen LogP contribution in [0.3, 0.4) is 0 Å². The SMILES string of the molecule is [2H]C([2H])([2H])c1c[c-]c(-c2cc(C([2H])([2H])c3ccccc3)[c]([Ge]([CH3])([CH3])[CH3])cn2)cc1.[2H]C([2H])([2H])c1ccc2c(n1)oc1c(-c3cc(C([2H])([2H])C(C)(C)C)ccn3)[c-]ccc12.[Ir]. The summed E-state index contributed by atoms with van der Waals surface area (Å²) in [5.41, 5.74) is 4.42. The number of furan rings is 1. The van der Waals surface area contributed by atoms with Crippen molar-refractivity contribution in [1.82, 2.24) is 15.0 Å². The van der Waals surface area contributed by atoms with Crippen LogP contribution in [0.4, 0.5) is 0 Å². The molecule has 257 valence electrons. The van der Waals surface area contributed by atoms with Gasteiger partial charge in [0.2, 0.25) is 5.71 Å². The molecule has 4 aromatic heterocycles. The summed E-state index contributed by atoms with van der Waals surface area (Å²) in [5, 5.41) is 1.48. The van der Waals surface area contributed by atoms with Crippen molar-refractivity contribution in [2.45, 2.75) is 64.5 Å². The molecule has 1 radical (unpaired) electrons. The fourth-order valence-electron chi connectivity index (χ4n) is 5.46. The molecular formula is C44H45GeIrN3O-2. The molecule has 0 unspecified atom stereocenters. The van der Waals surface area contributed by atoms with E-state index in [1.807, 2.05) is 45.0 Å². The molecule has 3 aromatic carbocycles. The molecule has 0 saturated carbocycles. The van der Waals surface area contributed by atoms with Crippen molar-refractivity contribution >= 4 is 39.7 Å². The van der Waals surface area contributed by atoms with Gasteiger partial charge in [0.25, 0.3) is 0 Å². The van der Waals surface area contributed by atoms with Crippen molar-refractivity contribution in [3.05, 3.63) is 143 Å². The Hall–Kier alpha value is -3.90. The summed E-state index contributed by atoms with van der Waals surface area (Å²) in [6.07, 6.45) is 0.152. The molecule has 0 amide bonds. The molecule has 0 aliphatic rings. The average Bonchev–Trinajstić information content (AvgIpc) is 3.55. The van der Waals surface area contributed by atoms with Crippen LogP contribution in [0.5, 0.6) is 0 Å². The van der Waals surface area contributed by atoms with Crippen LogP contribution in [-0.2, 0) is 32.9 Å². The molecule has 0 fully saturated rings. The third kappa shape index (κ3) is 9.06. The van der Waals surface area contributed by atoms with Crippen molar-refractivity contribution < 1.29 is 38.2 Å². The van der Waals surface area contributed by atoms with E-state index in [9.17, 15) is 0 Å². The number of pyridine rings is 3. The second-order valence-corrected chi connectivity index (χ2v) is 24.5. The van der Waals surface area contributed by atoms with Crippen molar-refractivity contribution in [3.8, 4) is 22.5 Å². The van der Waals surface area contributed by atoms with Gasteiger partial charge in [-0.05, 0) is 42.5 Å². The standard InChI is InChI=1S/C22H24GeN.C22H21N2O.Ir/c1-17-10-12-19(13-11-17)22-15-20(14-18-8-6-5-7-9-18)21(16-24-22)23(2,3)4;1-14-8-9-17-16-6-5-7-18(20(16)25-21(17)24-14)19-12-15(10-11-23-19)13-22(2,3)4;/h5-12,15-16H,14H2,1-4H3;5-6,8-12H,13H2,1-4H3;/q2*-1;/i1D3,14D2;1D3,13D2;. The minimum absolute atomic E-state index is 0. The number of hydrogen-bond acceptors (Lipinski definition) is 4. The number of aryl methyl sites for hydroxylation is 2. The van der Waals surface area contributed by atoms with Gasteiger partial charge in [0.05, 0.1) is 5.58 Å². The monoisotopic (exact) mass is 908 g/mol. The molecule has 7 rings (SSSR count). The summed E-state index contributed by atoms with van der Waals surface area (Å²) in [6, 6.07) is 32.0. The Morgan fingerprint density at radius 2 is 1.66 bits per heavy atom. The fraction of sp³-hybridized carbons (Fsp3) is 0.250. The van der Waals surface area contributed by atoms with Gasteiger partial charge >= 0.3 is 155 Å². The van der Waals surface area contributed by atoms with E-state index in [2.05, 4.69) is 44.4 Å². The summed E-state index contributed by atoms with van der Waals surface area (Å²) < 4.78 is 87.1. The van der Waals surface area contributed by atoms with Gasteiger partial charge in [0, 0.05) is 44.2 Å². The van der Waals surface area contributed by atoms with Crippen LogP contribution in [0.15, 0.2) is 108 Å². The number of hydrogen-bond donors (Lipinski definition) is 0. The molecule has 0 spiro atoms. The molecule has 6 heteroatoms. The van der Waals surface area contributed by atoms with Crippen molar-refractivity contribution in [2.24, 2.45) is 5.41 Å². The van der Waals surface area contributed by atoms with Crippen LogP contribution in [-0.4, -0.2) is 28.2 Å². The van der Waals surface area contributed by atoms with E-state index in [4.69, 9.17) is 18.1 Å². The summed E-state index contributed by atoms with van der Waals surface area (Å²) >= 11 is -2.42. The molecule has 0 aliphatic heterocycles. The van der Waals surface area contributed by atoms with E-state index < -0.39 is 45.1 Å². The van der Waals surface area contributed by atoms with Gasteiger partial charge in [-0.3, -0.25) is 0 Å². The minimum Gasteiger partial charge on any atom is -0.486 e. The smallest absolute Gasteiger partial charge is 0.216 e. The summed E-state index contributed by atoms with van der Waals surface area (Å²) in [6.45, 7) is 1.06. The third-order valence-corrected chi connectivity index (χ3v) is 11.9. The van der Waals surface area contributed by atoms with E-state index in [1.165, 1.54) is 12.1 Å². The van der Waals surface area contributed by atoms with E-state index in [-0.39, 0.29) is 37.1 Å². The van der Waals surface area contributed by atoms with Gasteiger partial charge in [0.15, 0.2) is 0 Å². The molecule has 0 atom stereocenters. The first kappa shape index (κ1) is 26.0. The molecule has 50 heavy (non-hydrogen) atoms. The van der Waals surface area contributed by atoms with Crippen LogP contribution in [0.25, 0.3) is 44.6 Å². The van der Waals surface area contributed by atoms with Gasteiger partial charge in [-0.15, -0.1) is 18.2 Å². The summed E-state index contributed by atoms with van der Waals surface area (Å²) in [7, 11) is 0. The minimum atomic E-state index is -2.42. The second-order valence-electron chi connectivity index (χ2n) is 13.9. The zero-order valence-electron chi connectivity index (χ0n) is 38.9. The topological polar surface area (TPSA) is 51.8 Å². The molecule has 0 saturated heterocycles. The number of nitrogens with zero attached hydrogens (tertiary/aromatic N) is 3. The molecule has 4 heterocycles. The van der Waals surface area contributed by atoms with Crippen LogP contribution < -0.4 is 4.40 Å². The van der Waals surface area contributed by atoms with Crippen molar-refractivity contribution in [3.63, 3.8) is 0 Å². The molecule has 0 bridgehead atoms. The van der Waals surface area contributed by atoms with Crippen LogP contribution in [0, 0.1) is 31.3 Å². The number of fused-ring (bicyclic) bond motifs is 3. The van der Waals surface area contributed by atoms with Gasteiger partial charge in [-0.25, -0.2) is 4.98 Å². The Morgan fingerprint density at radius 3 is 2.36 bits per heavy atom. The maximum atomic E-state index is 8.89. The Bertz CT molecular complexity index is 2610. The maximum Gasteiger partial charge on any atom is 0.216 e. The first-order valence-corrected chi connectivity index (χ1v) is 23.4.